The van der Waals surface area contributed by atoms with E-state index < -0.39 is 17.3 Å². The summed E-state index contributed by atoms with van der Waals surface area (Å²) in [4.78, 5) is 30.5. The lowest BCUT2D eigenvalue weighted by molar-refractivity contribution is 0.0944. The number of para-hydroxylation sites is 2. The number of carbonyl (C=O) groups excluding carboxylic acids is 1. The average Bonchev–Trinajstić information content (AvgIpc) is 3.30. The number of nitrogens with two attached hydrogens (primary N) is 1. The van der Waals surface area contributed by atoms with Gasteiger partial charge in [0.15, 0.2) is 11.4 Å². The minimum absolute atomic E-state index is 0.0401. The van der Waals surface area contributed by atoms with Crippen molar-refractivity contribution in [2.24, 2.45) is 5.41 Å². The highest BCUT2D eigenvalue weighted by molar-refractivity contribution is 5.96. The van der Waals surface area contributed by atoms with Gasteiger partial charge in [-0.05, 0) is 30.4 Å². The van der Waals surface area contributed by atoms with Crippen molar-refractivity contribution in [3.05, 3.63) is 46.2 Å². The van der Waals surface area contributed by atoms with Crippen LogP contribution in [-0.2, 0) is 6.54 Å². The number of hydrogen-bond acceptors (Lipinski definition) is 6. The smallest absolute Gasteiger partial charge is 0.270 e. The number of amides is 1. The molecule has 0 bridgehead atoms. The minimum Gasteiger partial charge on any atom is -0.492 e. The quantitative estimate of drug-likeness (QED) is 0.449. The standard InChI is InChI=1S/C22H25N7O3/c1-22(2,3)11-27-16-10-15(28-14-7-5-4-6-13(14)25-21(28)23)26-29(16)20(32)17(19(27)31)18(30)24-12-8-9-12/h4-7,10,12,32H,8-9,11H2,1-3H3,(H2,23,25)(H,24,30). The van der Waals surface area contributed by atoms with Gasteiger partial charge >= 0.3 is 0 Å². The maximum absolute atomic E-state index is 13.4. The van der Waals surface area contributed by atoms with Gasteiger partial charge in [-0.3, -0.25) is 18.7 Å². The molecule has 4 N–H and O–H groups in total. The molecule has 4 aromatic rings. The summed E-state index contributed by atoms with van der Waals surface area (Å²) in [6, 6.07) is 9.13. The molecule has 10 heteroatoms. The summed E-state index contributed by atoms with van der Waals surface area (Å²) in [5, 5.41) is 18.2. The second-order valence-corrected chi connectivity index (χ2v) is 9.46. The van der Waals surface area contributed by atoms with Crippen LogP contribution in [0.3, 0.4) is 0 Å². The summed E-state index contributed by atoms with van der Waals surface area (Å²) >= 11 is 0. The summed E-state index contributed by atoms with van der Waals surface area (Å²) in [5.41, 5.74) is 6.82. The second-order valence-electron chi connectivity index (χ2n) is 9.46. The van der Waals surface area contributed by atoms with Gasteiger partial charge in [-0.1, -0.05) is 32.9 Å². The molecule has 32 heavy (non-hydrogen) atoms. The molecule has 1 aliphatic carbocycles. The highest BCUT2D eigenvalue weighted by atomic mass is 16.3. The van der Waals surface area contributed by atoms with Gasteiger partial charge < -0.3 is 16.2 Å². The molecule has 3 aromatic heterocycles. The Bertz CT molecular complexity index is 1430. The molecule has 1 aromatic carbocycles. The highest BCUT2D eigenvalue weighted by Crippen LogP contribution is 2.27. The third-order valence-corrected chi connectivity index (χ3v) is 5.43. The van der Waals surface area contributed by atoms with Gasteiger partial charge in [-0.15, -0.1) is 5.10 Å². The van der Waals surface area contributed by atoms with Gasteiger partial charge in [-0.2, -0.15) is 4.52 Å². The maximum Gasteiger partial charge on any atom is 0.270 e. The zero-order valence-corrected chi connectivity index (χ0v) is 18.2. The zero-order chi connectivity index (χ0) is 22.8. The van der Waals surface area contributed by atoms with Crippen molar-refractivity contribution in [1.29, 1.82) is 0 Å². The van der Waals surface area contributed by atoms with E-state index in [-0.39, 0.29) is 23.0 Å². The lowest BCUT2D eigenvalue weighted by Crippen LogP contribution is -2.37. The number of hydrogen-bond donors (Lipinski definition) is 3. The number of carbonyl (C=O) groups is 1. The summed E-state index contributed by atoms with van der Waals surface area (Å²) in [6.07, 6.45) is 1.73. The third-order valence-electron chi connectivity index (χ3n) is 5.43. The van der Waals surface area contributed by atoms with Crippen LogP contribution < -0.4 is 16.6 Å². The van der Waals surface area contributed by atoms with Crippen LogP contribution in [0.5, 0.6) is 5.88 Å². The molecule has 0 atom stereocenters. The summed E-state index contributed by atoms with van der Waals surface area (Å²) < 4.78 is 4.35. The Labute approximate surface area is 183 Å². The SMILES string of the molecule is CC(C)(C)Cn1c(=O)c(C(=O)NC2CC2)c(O)n2nc(-n3c(N)nc4ccccc43)cc12. The normalized spacial score (nSPS) is 14.3. The van der Waals surface area contributed by atoms with Crippen molar-refractivity contribution >= 4 is 28.5 Å². The Morgan fingerprint density at radius 2 is 2.00 bits per heavy atom. The molecule has 0 unspecified atom stereocenters. The van der Waals surface area contributed by atoms with Crippen LogP contribution >= 0.6 is 0 Å². The molecule has 0 spiro atoms. The summed E-state index contributed by atoms with van der Waals surface area (Å²) in [7, 11) is 0. The lowest BCUT2D eigenvalue weighted by atomic mass is 9.97. The van der Waals surface area contributed by atoms with Crippen molar-refractivity contribution in [1.82, 2.24) is 29.0 Å². The third kappa shape index (κ3) is 3.28. The molecule has 0 saturated heterocycles. The number of aromatic hydroxyl groups is 1. The molecule has 5 rings (SSSR count). The van der Waals surface area contributed by atoms with E-state index in [1.807, 2.05) is 45.0 Å². The van der Waals surface area contributed by atoms with E-state index in [0.29, 0.717) is 23.5 Å². The number of imidazole rings is 1. The van der Waals surface area contributed by atoms with Gasteiger partial charge in [0.1, 0.15) is 5.65 Å². The molecule has 166 valence electrons. The number of nitrogens with zero attached hydrogens (tertiary/aromatic N) is 5. The predicted octanol–water partition coefficient (Wildman–Crippen LogP) is 2.06. The van der Waals surface area contributed by atoms with E-state index in [1.165, 1.54) is 9.08 Å². The largest absolute Gasteiger partial charge is 0.492 e. The molecule has 1 aliphatic rings. The first-order valence-corrected chi connectivity index (χ1v) is 10.5. The van der Waals surface area contributed by atoms with Gasteiger partial charge in [-0.25, -0.2) is 4.98 Å². The van der Waals surface area contributed by atoms with E-state index in [9.17, 15) is 14.7 Å². The Kier molecular flexibility index (Phi) is 4.30. The van der Waals surface area contributed by atoms with Crippen molar-refractivity contribution in [3.63, 3.8) is 0 Å². The lowest BCUT2D eigenvalue weighted by Gasteiger charge is -2.21. The van der Waals surface area contributed by atoms with Crippen LogP contribution in [-0.4, -0.2) is 40.8 Å². The van der Waals surface area contributed by atoms with E-state index in [1.54, 1.807) is 10.6 Å². The number of anilines is 1. The Hall–Kier alpha value is -3.82. The van der Waals surface area contributed by atoms with Crippen molar-refractivity contribution in [2.75, 3.05) is 5.73 Å². The van der Waals surface area contributed by atoms with Crippen LogP contribution in [0.15, 0.2) is 35.1 Å². The van der Waals surface area contributed by atoms with Crippen molar-refractivity contribution in [3.8, 4) is 11.7 Å². The molecule has 3 heterocycles. The number of benzene rings is 1. The topological polar surface area (TPSA) is 132 Å². The molecular weight excluding hydrogens is 410 g/mol. The molecule has 1 amide bonds. The first kappa shape index (κ1) is 20.1. The molecular formula is C22H25N7O3. The fourth-order valence-corrected chi connectivity index (χ4v) is 3.85. The first-order chi connectivity index (χ1) is 15.1. The molecule has 10 nitrogen and oxygen atoms in total. The molecule has 1 saturated carbocycles. The van der Waals surface area contributed by atoms with E-state index in [0.717, 1.165) is 18.4 Å². The van der Waals surface area contributed by atoms with Gasteiger partial charge in [0.2, 0.25) is 11.8 Å². The highest BCUT2D eigenvalue weighted by Gasteiger charge is 2.30. The van der Waals surface area contributed by atoms with Gasteiger partial charge in [0.25, 0.3) is 11.5 Å². The van der Waals surface area contributed by atoms with Gasteiger partial charge in [0.05, 0.1) is 11.0 Å². The fraction of sp³-hybridized carbons (Fsp3) is 0.364. The fourth-order valence-electron chi connectivity index (χ4n) is 3.85. The Morgan fingerprint density at radius 1 is 1.28 bits per heavy atom. The number of aromatic nitrogens is 5. The van der Waals surface area contributed by atoms with Crippen LogP contribution in [0.4, 0.5) is 5.95 Å². The van der Waals surface area contributed by atoms with Crippen LogP contribution in [0, 0.1) is 5.41 Å². The average molecular weight is 435 g/mol. The van der Waals surface area contributed by atoms with E-state index >= 15 is 0 Å². The Balaban J connectivity index is 1.77. The predicted molar refractivity (Wildman–Crippen MR) is 120 cm³/mol. The van der Waals surface area contributed by atoms with Gasteiger partial charge in [0, 0.05) is 18.7 Å². The minimum atomic E-state index is -0.593. The summed E-state index contributed by atoms with van der Waals surface area (Å²) in [5.74, 6) is -0.481. The summed E-state index contributed by atoms with van der Waals surface area (Å²) in [6.45, 7) is 6.30. The molecule has 1 fully saturated rings. The van der Waals surface area contributed by atoms with Crippen LogP contribution in [0.1, 0.15) is 44.0 Å². The van der Waals surface area contributed by atoms with E-state index in [2.05, 4.69) is 15.4 Å². The maximum atomic E-state index is 13.4. The first-order valence-electron chi connectivity index (χ1n) is 10.5. The Morgan fingerprint density at radius 3 is 2.69 bits per heavy atom. The molecule has 0 radical (unpaired) electrons. The number of fused-ring (bicyclic) bond motifs is 2. The van der Waals surface area contributed by atoms with Crippen molar-refractivity contribution in [2.45, 2.75) is 46.2 Å². The van der Waals surface area contributed by atoms with Crippen LogP contribution in [0.2, 0.25) is 0 Å². The second kappa shape index (κ2) is 6.84. The molecule has 0 aliphatic heterocycles. The van der Waals surface area contributed by atoms with Crippen molar-refractivity contribution < 1.29 is 9.90 Å². The zero-order valence-electron chi connectivity index (χ0n) is 18.2. The number of rotatable bonds is 4. The van der Waals surface area contributed by atoms with E-state index in [4.69, 9.17) is 5.73 Å². The number of nitrogen functional groups attached to an aromatic ring is 1. The monoisotopic (exact) mass is 435 g/mol. The van der Waals surface area contributed by atoms with Crippen LogP contribution in [0.25, 0.3) is 22.5 Å². The number of nitrogens with one attached hydrogen (secondary N) is 1.